The number of nitrogens with zero attached hydrogens (tertiary/aromatic N) is 4. The first-order valence-electron chi connectivity index (χ1n) is 11.3. The molecule has 9 heteroatoms. The van der Waals surface area contributed by atoms with Crippen molar-refractivity contribution in [1.82, 2.24) is 19.9 Å². The van der Waals surface area contributed by atoms with Crippen molar-refractivity contribution >= 4 is 40.5 Å². The molecule has 9 nitrogen and oxygen atoms in total. The zero-order valence-electron chi connectivity index (χ0n) is 19.7. The van der Waals surface area contributed by atoms with E-state index in [4.69, 9.17) is 0 Å². The van der Waals surface area contributed by atoms with Crippen molar-refractivity contribution in [3.63, 3.8) is 0 Å². The summed E-state index contributed by atoms with van der Waals surface area (Å²) in [6, 6.07) is 8.00. The summed E-state index contributed by atoms with van der Waals surface area (Å²) in [5.41, 5.74) is 2.88. The molecule has 1 fully saturated rings. The molecule has 0 saturated carbocycles. The van der Waals surface area contributed by atoms with Gasteiger partial charge in [-0.25, -0.2) is 0 Å². The monoisotopic (exact) mass is 451 g/mol. The van der Waals surface area contributed by atoms with E-state index in [0.29, 0.717) is 28.4 Å². The highest BCUT2D eigenvalue weighted by atomic mass is 16.3. The van der Waals surface area contributed by atoms with Crippen molar-refractivity contribution in [3.8, 4) is 0 Å². The molecular weight excluding hydrogens is 418 g/mol. The van der Waals surface area contributed by atoms with Crippen molar-refractivity contribution in [1.29, 1.82) is 0 Å². The summed E-state index contributed by atoms with van der Waals surface area (Å²) in [6.07, 6.45) is 2.40. The molecule has 1 unspecified atom stereocenters. The first-order chi connectivity index (χ1) is 15.8. The molecule has 0 amide bonds. The minimum Gasteiger partial charge on any atom is -0.394 e. The molecule has 4 N–H and O–H groups in total. The number of aliphatic hydroxyl groups excluding tert-OH is 1. The van der Waals surface area contributed by atoms with Crippen LogP contribution in [0.4, 0.5) is 23.1 Å². The molecule has 3 heterocycles. The SMILES string of the molecule is CN1CCN(c2ccc(Nc3nc(NC(CO)C(C)(C)C)c4c(C=O)c[nH]c4n3)cc2)CC1. The predicted molar refractivity (Wildman–Crippen MR) is 133 cm³/mol. The van der Waals surface area contributed by atoms with E-state index in [1.54, 1.807) is 6.20 Å². The van der Waals surface area contributed by atoms with Crippen LogP contribution in [0.5, 0.6) is 0 Å². The molecule has 4 rings (SSSR count). The second-order valence-electron chi connectivity index (χ2n) is 9.69. The molecule has 1 atom stereocenters. The van der Waals surface area contributed by atoms with E-state index in [1.165, 1.54) is 5.69 Å². The predicted octanol–water partition coefficient (Wildman–Crippen LogP) is 3.08. The summed E-state index contributed by atoms with van der Waals surface area (Å²) in [5.74, 6) is 0.913. The third-order valence-corrected chi connectivity index (χ3v) is 6.22. The summed E-state index contributed by atoms with van der Waals surface area (Å²) in [6.45, 7) is 10.2. The van der Waals surface area contributed by atoms with Crippen molar-refractivity contribution in [2.24, 2.45) is 5.41 Å². The molecule has 33 heavy (non-hydrogen) atoms. The van der Waals surface area contributed by atoms with Crippen molar-refractivity contribution in [2.45, 2.75) is 26.8 Å². The fraction of sp³-hybridized carbons (Fsp3) is 0.458. The molecule has 0 radical (unpaired) electrons. The summed E-state index contributed by atoms with van der Waals surface area (Å²) in [5, 5.41) is 17.1. The fourth-order valence-electron chi connectivity index (χ4n) is 3.96. The molecular formula is C24H33N7O2. The van der Waals surface area contributed by atoms with Crippen LogP contribution in [0.25, 0.3) is 11.0 Å². The van der Waals surface area contributed by atoms with Crippen molar-refractivity contribution < 1.29 is 9.90 Å². The number of aldehydes is 1. The van der Waals surface area contributed by atoms with Gasteiger partial charge in [-0.1, -0.05) is 20.8 Å². The van der Waals surface area contributed by atoms with E-state index in [9.17, 15) is 9.90 Å². The fourth-order valence-corrected chi connectivity index (χ4v) is 3.96. The summed E-state index contributed by atoms with van der Waals surface area (Å²) >= 11 is 0. The zero-order chi connectivity index (χ0) is 23.6. The number of nitrogens with one attached hydrogen (secondary N) is 3. The third-order valence-electron chi connectivity index (χ3n) is 6.22. The third kappa shape index (κ3) is 5.09. The topological polar surface area (TPSA) is 109 Å². The van der Waals surface area contributed by atoms with Crippen LogP contribution in [0.3, 0.4) is 0 Å². The molecule has 1 saturated heterocycles. The Hall–Kier alpha value is -3.17. The number of carbonyl (C=O) groups excluding carboxylic acids is 1. The number of fused-ring (bicyclic) bond motifs is 1. The van der Waals surface area contributed by atoms with E-state index in [2.05, 4.69) is 54.6 Å². The first-order valence-corrected chi connectivity index (χ1v) is 11.3. The molecule has 1 aromatic carbocycles. The number of likely N-dealkylation sites (N-methyl/N-ethyl adjacent to an activating group) is 1. The number of aromatic nitrogens is 3. The molecule has 176 valence electrons. The maximum atomic E-state index is 11.6. The number of anilines is 4. The van der Waals surface area contributed by atoms with Gasteiger partial charge in [-0.05, 0) is 36.7 Å². The number of rotatable bonds is 7. The Morgan fingerprint density at radius 3 is 2.45 bits per heavy atom. The lowest BCUT2D eigenvalue weighted by molar-refractivity contribution is 0.112. The van der Waals surface area contributed by atoms with Crippen LogP contribution in [0.1, 0.15) is 31.1 Å². The second-order valence-corrected chi connectivity index (χ2v) is 9.69. The normalized spacial score (nSPS) is 16.1. The molecule has 1 aliphatic heterocycles. The number of piperazine rings is 1. The lowest BCUT2D eigenvalue weighted by Gasteiger charge is -2.34. The quantitative estimate of drug-likeness (QED) is 0.406. The largest absolute Gasteiger partial charge is 0.394 e. The highest BCUT2D eigenvalue weighted by Crippen LogP contribution is 2.30. The van der Waals surface area contributed by atoms with E-state index in [-0.39, 0.29) is 18.1 Å². The molecule has 0 spiro atoms. The Morgan fingerprint density at radius 2 is 1.85 bits per heavy atom. The Bertz CT molecular complexity index is 1100. The molecule has 1 aliphatic rings. The summed E-state index contributed by atoms with van der Waals surface area (Å²) in [4.78, 5) is 28.6. The number of hydrogen-bond donors (Lipinski definition) is 4. The van der Waals surface area contributed by atoms with Crippen molar-refractivity contribution in [2.75, 3.05) is 55.4 Å². The first kappa shape index (κ1) is 23.0. The van der Waals surface area contributed by atoms with Gasteiger partial charge in [0.15, 0.2) is 6.29 Å². The number of aliphatic hydroxyl groups is 1. The van der Waals surface area contributed by atoms with Gasteiger partial charge in [-0.3, -0.25) is 4.79 Å². The highest BCUT2D eigenvalue weighted by Gasteiger charge is 2.26. The zero-order valence-corrected chi connectivity index (χ0v) is 19.7. The van der Waals surface area contributed by atoms with Gasteiger partial charge in [-0.2, -0.15) is 9.97 Å². The van der Waals surface area contributed by atoms with Gasteiger partial charge < -0.3 is 30.5 Å². The Labute approximate surface area is 194 Å². The molecule has 0 aliphatic carbocycles. The van der Waals surface area contributed by atoms with E-state index in [0.717, 1.165) is 38.2 Å². The van der Waals surface area contributed by atoms with Crippen LogP contribution < -0.4 is 15.5 Å². The van der Waals surface area contributed by atoms with Crippen LogP contribution >= 0.6 is 0 Å². The van der Waals surface area contributed by atoms with E-state index < -0.39 is 0 Å². The smallest absolute Gasteiger partial charge is 0.231 e. The lowest BCUT2D eigenvalue weighted by Crippen LogP contribution is -2.44. The molecule has 3 aromatic rings. The van der Waals surface area contributed by atoms with Gasteiger partial charge in [-0.15, -0.1) is 0 Å². The van der Waals surface area contributed by atoms with Gasteiger partial charge >= 0.3 is 0 Å². The van der Waals surface area contributed by atoms with Gasteiger partial charge in [0, 0.05) is 49.3 Å². The van der Waals surface area contributed by atoms with Gasteiger partial charge in [0.05, 0.1) is 18.0 Å². The van der Waals surface area contributed by atoms with Crippen molar-refractivity contribution in [3.05, 3.63) is 36.0 Å². The van der Waals surface area contributed by atoms with E-state index in [1.807, 2.05) is 32.9 Å². The van der Waals surface area contributed by atoms with Crippen LogP contribution in [0.15, 0.2) is 30.5 Å². The molecule has 2 aromatic heterocycles. The number of hydrogen-bond acceptors (Lipinski definition) is 8. The second kappa shape index (κ2) is 9.36. The Morgan fingerprint density at radius 1 is 1.15 bits per heavy atom. The summed E-state index contributed by atoms with van der Waals surface area (Å²) < 4.78 is 0. The standard InChI is InChI=1S/C24H33N7O2/c1-24(2,3)19(15-33)27-22-20-16(14-32)13-25-21(20)28-23(29-22)26-17-5-7-18(8-6-17)31-11-9-30(4)10-12-31/h5-8,13-14,19,33H,9-12,15H2,1-4H3,(H3,25,26,27,28,29). The average molecular weight is 452 g/mol. The highest BCUT2D eigenvalue weighted by molar-refractivity contribution is 6.02. The van der Waals surface area contributed by atoms with E-state index >= 15 is 0 Å². The van der Waals surface area contributed by atoms with Crippen LogP contribution in [0, 0.1) is 5.41 Å². The Balaban J connectivity index is 1.59. The minimum absolute atomic E-state index is 0.0631. The van der Waals surface area contributed by atoms with Crippen LogP contribution in [-0.2, 0) is 0 Å². The summed E-state index contributed by atoms with van der Waals surface area (Å²) in [7, 11) is 2.15. The lowest BCUT2D eigenvalue weighted by atomic mass is 9.87. The van der Waals surface area contributed by atoms with Gasteiger partial charge in [0.2, 0.25) is 5.95 Å². The number of benzene rings is 1. The average Bonchev–Trinajstić information content (AvgIpc) is 3.21. The van der Waals surface area contributed by atoms with Gasteiger partial charge in [0.1, 0.15) is 11.5 Å². The van der Waals surface area contributed by atoms with Crippen LogP contribution in [-0.4, -0.2) is 77.1 Å². The van der Waals surface area contributed by atoms with Crippen LogP contribution in [0.2, 0.25) is 0 Å². The Kier molecular flexibility index (Phi) is 6.53. The van der Waals surface area contributed by atoms with Gasteiger partial charge in [0.25, 0.3) is 0 Å². The maximum Gasteiger partial charge on any atom is 0.231 e. The minimum atomic E-state index is -0.249. The number of aromatic amines is 1. The number of carbonyl (C=O) groups is 1. The molecule has 0 bridgehead atoms. The maximum absolute atomic E-state index is 11.6. The number of H-pyrrole nitrogens is 1.